The van der Waals surface area contributed by atoms with Gasteiger partial charge < -0.3 is 5.32 Å². The van der Waals surface area contributed by atoms with Crippen molar-refractivity contribution < 1.29 is 18.1 Å². The molecule has 1 aromatic rings. The van der Waals surface area contributed by atoms with Crippen molar-refractivity contribution >= 4 is 21.4 Å². The molecule has 0 aromatic heterocycles. The van der Waals surface area contributed by atoms with Crippen molar-refractivity contribution in [3.05, 3.63) is 33.9 Å². The summed E-state index contributed by atoms with van der Waals surface area (Å²) in [6.45, 7) is 1.97. The van der Waals surface area contributed by atoms with Crippen molar-refractivity contribution in [3.63, 3.8) is 0 Å². The molecule has 0 unspecified atom stereocenters. The van der Waals surface area contributed by atoms with Crippen molar-refractivity contribution in [2.45, 2.75) is 24.3 Å². The largest absolute Gasteiger partial charge is 0.349 e. The second-order valence-corrected chi connectivity index (χ2v) is 7.05. The lowest BCUT2D eigenvalue weighted by Gasteiger charge is -2.06. The Labute approximate surface area is 116 Å². The van der Waals surface area contributed by atoms with Crippen LogP contribution in [0.3, 0.4) is 0 Å². The molecule has 0 radical (unpaired) electrons. The number of non-ortho nitro benzene ring substituents is 1. The Morgan fingerprint density at radius 2 is 2.00 bits per heavy atom. The van der Waals surface area contributed by atoms with Gasteiger partial charge in [-0.05, 0) is 18.4 Å². The number of sulfone groups is 1. The van der Waals surface area contributed by atoms with E-state index in [9.17, 15) is 23.3 Å². The first kappa shape index (κ1) is 14.4. The molecule has 0 aliphatic heterocycles. The van der Waals surface area contributed by atoms with E-state index < -0.39 is 26.4 Å². The Balaban J connectivity index is 2.39. The van der Waals surface area contributed by atoms with E-state index >= 15 is 0 Å². The third-order valence-electron chi connectivity index (χ3n) is 3.22. The smallest absolute Gasteiger partial charge is 0.271 e. The molecule has 0 spiro atoms. The lowest BCUT2D eigenvalue weighted by atomic mass is 10.2. The molecule has 108 valence electrons. The minimum Gasteiger partial charge on any atom is -0.349 e. The Kier molecular flexibility index (Phi) is 3.51. The first-order valence-electron chi connectivity index (χ1n) is 5.99. The third kappa shape index (κ3) is 3.13. The van der Waals surface area contributed by atoms with Crippen LogP contribution in [0.15, 0.2) is 23.1 Å². The van der Waals surface area contributed by atoms with Crippen LogP contribution in [-0.4, -0.2) is 31.5 Å². The molecule has 20 heavy (non-hydrogen) atoms. The molecule has 7 nitrogen and oxygen atoms in total. The average molecular weight is 298 g/mol. The maximum Gasteiger partial charge on any atom is 0.271 e. The van der Waals surface area contributed by atoms with Gasteiger partial charge in [-0.15, -0.1) is 0 Å². The maximum absolute atomic E-state index is 12.0. The number of hydrogen-bond donors (Lipinski definition) is 1. The summed E-state index contributed by atoms with van der Waals surface area (Å²) in [6, 6.07) is 3.25. The van der Waals surface area contributed by atoms with Gasteiger partial charge in [-0.25, -0.2) is 8.42 Å². The maximum atomic E-state index is 12.0. The van der Waals surface area contributed by atoms with E-state index in [0.29, 0.717) is 5.92 Å². The van der Waals surface area contributed by atoms with E-state index in [-0.39, 0.29) is 16.5 Å². The number of nitrogens with one attached hydrogen (secondary N) is 1. The van der Waals surface area contributed by atoms with Crippen molar-refractivity contribution in [1.29, 1.82) is 0 Å². The second-order valence-electron chi connectivity index (χ2n) is 5.04. The zero-order valence-electron chi connectivity index (χ0n) is 11.0. The molecule has 8 heteroatoms. The van der Waals surface area contributed by atoms with Crippen molar-refractivity contribution in [3.8, 4) is 0 Å². The molecule has 1 fully saturated rings. The van der Waals surface area contributed by atoms with E-state index in [1.54, 1.807) is 0 Å². The summed E-state index contributed by atoms with van der Waals surface area (Å²) < 4.78 is 23.0. The predicted molar refractivity (Wildman–Crippen MR) is 71.2 cm³/mol. The van der Waals surface area contributed by atoms with E-state index in [2.05, 4.69) is 5.32 Å². The highest BCUT2D eigenvalue weighted by molar-refractivity contribution is 7.90. The highest BCUT2D eigenvalue weighted by Crippen LogP contribution is 2.29. The van der Waals surface area contributed by atoms with Crippen LogP contribution >= 0.6 is 0 Å². The Bertz CT molecular complexity index is 683. The topological polar surface area (TPSA) is 106 Å². The van der Waals surface area contributed by atoms with Gasteiger partial charge in [0.15, 0.2) is 9.84 Å². The van der Waals surface area contributed by atoms with E-state index in [4.69, 9.17) is 0 Å². The average Bonchev–Trinajstić information content (AvgIpc) is 3.03. The highest BCUT2D eigenvalue weighted by Gasteiger charge is 2.34. The monoisotopic (exact) mass is 298 g/mol. The molecule has 1 saturated carbocycles. The molecule has 0 saturated heterocycles. The van der Waals surface area contributed by atoms with Gasteiger partial charge in [0.1, 0.15) is 0 Å². The molecule has 0 bridgehead atoms. The van der Waals surface area contributed by atoms with Gasteiger partial charge in [0, 0.05) is 30.0 Å². The van der Waals surface area contributed by atoms with Crippen LogP contribution in [0.25, 0.3) is 0 Å². The highest BCUT2D eigenvalue weighted by atomic mass is 32.2. The minimum absolute atomic E-state index is 0.0151. The van der Waals surface area contributed by atoms with E-state index in [0.717, 1.165) is 30.9 Å². The van der Waals surface area contributed by atoms with Crippen molar-refractivity contribution in [2.75, 3.05) is 6.26 Å². The Hall–Kier alpha value is -1.96. The molecular formula is C12H14N2O5S. The number of rotatable bonds is 4. The van der Waals surface area contributed by atoms with Crippen LogP contribution in [0.2, 0.25) is 0 Å². The number of nitro benzene ring substituents is 1. The lowest BCUT2D eigenvalue weighted by Crippen LogP contribution is -2.26. The molecule has 2 atom stereocenters. The number of benzene rings is 1. The van der Waals surface area contributed by atoms with Gasteiger partial charge >= 0.3 is 0 Å². The molecule has 1 N–H and O–H groups in total. The van der Waals surface area contributed by atoms with Gasteiger partial charge in [0.25, 0.3) is 11.6 Å². The summed E-state index contributed by atoms with van der Waals surface area (Å²) in [4.78, 5) is 21.8. The van der Waals surface area contributed by atoms with Crippen LogP contribution in [0.5, 0.6) is 0 Å². The summed E-state index contributed by atoms with van der Waals surface area (Å²) >= 11 is 0. The lowest BCUT2D eigenvalue weighted by molar-refractivity contribution is -0.385. The van der Waals surface area contributed by atoms with Crippen molar-refractivity contribution in [1.82, 2.24) is 5.32 Å². The third-order valence-corrected chi connectivity index (χ3v) is 4.31. The molecule has 1 aliphatic carbocycles. The number of carbonyl (C=O) groups is 1. The molecule has 1 amide bonds. The van der Waals surface area contributed by atoms with Gasteiger partial charge in [0.05, 0.1) is 9.82 Å². The van der Waals surface area contributed by atoms with Crippen LogP contribution in [-0.2, 0) is 9.84 Å². The standard InChI is InChI=1S/C12H14N2O5S/c1-7-3-11(7)13-12(15)8-4-9(14(16)17)6-10(5-8)20(2,18)19/h4-7,11H,3H2,1-2H3,(H,13,15)/t7-,11-/m1/s1. The number of carbonyl (C=O) groups excluding carboxylic acids is 1. The van der Waals surface area contributed by atoms with Gasteiger partial charge in [-0.2, -0.15) is 0 Å². The molecule has 1 aliphatic rings. The summed E-state index contributed by atoms with van der Waals surface area (Å²) in [6.07, 6.45) is 1.80. The molecular weight excluding hydrogens is 284 g/mol. The van der Waals surface area contributed by atoms with Crippen LogP contribution in [0, 0.1) is 16.0 Å². The Morgan fingerprint density at radius 1 is 1.40 bits per heavy atom. The quantitative estimate of drug-likeness (QED) is 0.662. The number of hydrogen-bond acceptors (Lipinski definition) is 5. The SMILES string of the molecule is C[C@@H]1C[C@H]1NC(=O)c1cc([N+](=O)[O-])cc(S(C)(=O)=O)c1. The Morgan fingerprint density at radius 3 is 2.45 bits per heavy atom. The van der Waals surface area contributed by atoms with Crippen molar-refractivity contribution in [2.24, 2.45) is 5.92 Å². The first-order valence-corrected chi connectivity index (χ1v) is 7.88. The van der Waals surface area contributed by atoms with E-state index in [1.165, 1.54) is 0 Å². The van der Waals surface area contributed by atoms with Crippen LogP contribution in [0.1, 0.15) is 23.7 Å². The fourth-order valence-corrected chi connectivity index (χ4v) is 2.48. The first-order chi connectivity index (χ1) is 9.18. The fourth-order valence-electron chi connectivity index (χ4n) is 1.81. The van der Waals surface area contributed by atoms with E-state index in [1.807, 2.05) is 6.92 Å². The van der Waals surface area contributed by atoms with Gasteiger partial charge in [-0.3, -0.25) is 14.9 Å². The van der Waals surface area contributed by atoms with Gasteiger partial charge in [-0.1, -0.05) is 6.92 Å². The second kappa shape index (κ2) is 4.86. The fraction of sp³-hybridized carbons (Fsp3) is 0.417. The number of nitro groups is 1. The minimum atomic E-state index is -3.62. The normalized spacial score (nSPS) is 21.3. The summed E-state index contributed by atoms with van der Waals surface area (Å²) in [7, 11) is -3.62. The number of nitrogens with zero attached hydrogens (tertiary/aromatic N) is 1. The molecule has 2 rings (SSSR count). The zero-order chi connectivity index (χ0) is 15.1. The van der Waals surface area contributed by atoms with Gasteiger partial charge in [0.2, 0.25) is 0 Å². The predicted octanol–water partition coefficient (Wildman–Crippen LogP) is 1.14. The molecule has 0 heterocycles. The van der Waals surface area contributed by atoms with Crippen LogP contribution in [0.4, 0.5) is 5.69 Å². The zero-order valence-corrected chi connectivity index (χ0v) is 11.8. The number of amides is 1. The summed E-state index contributed by atoms with van der Waals surface area (Å²) in [5.41, 5.74) is -0.430. The summed E-state index contributed by atoms with van der Waals surface area (Å²) in [5, 5.41) is 13.5. The van der Waals surface area contributed by atoms with Crippen LogP contribution < -0.4 is 5.32 Å². The summed E-state index contributed by atoms with van der Waals surface area (Å²) in [5.74, 6) is -0.111. The molecule has 1 aromatic carbocycles.